The van der Waals surface area contributed by atoms with Gasteiger partial charge in [-0.25, -0.2) is 4.39 Å². The molecule has 0 aliphatic carbocycles. The Labute approximate surface area is 78.5 Å². The van der Waals surface area contributed by atoms with E-state index in [0.29, 0.717) is 0 Å². The predicted molar refractivity (Wildman–Crippen MR) is 34.2 cm³/mol. The number of hydrogen-bond donors (Lipinski definition) is 1. The van der Waals surface area contributed by atoms with Gasteiger partial charge in [0.1, 0.15) is 0 Å². The molecule has 15 heavy (non-hydrogen) atoms. The number of hydrogen-bond acceptors (Lipinski definition) is 1. The lowest BCUT2D eigenvalue weighted by Gasteiger charge is -2.26. The number of nitrogens with two attached hydrogens (primary N) is 1. The first-order valence-corrected chi connectivity index (χ1v) is 3.37. The van der Waals surface area contributed by atoms with Crippen molar-refractivity contribution in [2.75, 3.05) is 6.54 Å². The van der Waals surface area contributed by atoms with Gasteiger partial charge in [0, 0.05) is 6.54 Å². The second-order valence-electron chi connectivity index (χ2n) is 2.43. The van der Waals surface area contributed by atoms with Crippen molar-refractivity contribution < 1.29 is 35.1 Å². The zero-order valence-electron chi connectivity index (χ0n) is 6.89. The number of allylic oxidation sites excluding steroid dienone is 1. The van der Waals surface area contributed by atoms with E-state index in [4.69, 9.17) is 0 Å². The summed E-state index contributed by atoms with van der Waals surface area (Å²) in [6.45, 7) is -0.921. The summed E-state index contributed by atoms with van der Waals surface area (Å²) in [4.78, 5) is 0. The molecule has 0 aromatic heterocycles. The monoisotopic (exact) mass is 243 g/mol. The van der Waals surface area contributed by atoms with E-state index in [-0.39, 0.29) is 6.08 Å². The summed E-state index contributed by atoms with van der Waals surface area (Å²) in [6.07, 6.45) is -6.80. The van der Waals surface area contributed by atoms with Crippen LogP contribution in [0.5, 0.6) is 0 Å². The van der Waals surface area contributed by atoms with Crippen LogP contribution in [0.15, 0.2) is 11.9 Å². The van der Waals surface area contributed by atoms with Crippen molar-refractivity contribution in [3.05, 3.63) is 11.9 Å². The van der Waals surface area contributed by atoms with Crippen molar-refractivity contribution in [2.24, 2.45) is 5.73 Å². The van der Waals surface area contributed by atoms with Crippen LogP contribution in [0.3, 0.4) is 0 Å². The molecule has 0 atom stereocenters. The van der Waals surface area contributed by atoms with E-state index in [1.54, 1.807) is 0 Å². The van der Waals surface area contributed by atoms with Crippen molar-refractivity contribution in [3.8, 4) is 0 Å². The molecule has 9 heteroatoms. The van der Waals surface area contributed by atoms with Gasteiger partial charge in [-0.2, -0.15) is 30.7 Å². The molecule has 0 rings (SSSR count). The van der Waals surface area contributed by atoms with Crippen LogP contribution >= 0.6 is 0 Å². The van der Waals surface area contributed by atoms with E-state index >= 15 is 0 Å². The topological polar surface area (TPSA) is 26.0 Å². The third-order valence-corrected chi connectivity index (χ3v) is 1.35. The summed E-state index contributed by atoms with van der Waals surface area (Å²) in [5.41, 5.74) is 4.50. The van der Waals surface area contributed by atoms with Crippen LogP contribution in [0.4, 0.5) is 35.1 Å². The highest BCUT2D eigenvalue weighted by Gasteiger charge is 2.74. The highest BCUT2D eigenvalue weighted by Crippen LogP contribution is 2.49. The van der Waals surface area contributed by atoms with E-state index in [2.05, 4.69) is 5.73 Å². The van der Waals surface area contributed by atoms with Crippen LogP contribution in [-0.2, 0) is 0 Å². The Morgan fingerprint density at radius 3 is 1.67 bits per heavy atom. The summed E-state index contributed by atoms with van der Waals surface area (Å²) in [5, 5.41) is 0. The maximum atomic E-state index is 12.3. The van der Waals surface area contributed by atoms with E-state index in [1.807, 2.05) is 0 Å². The highest BCUT2D eigenvalue weighted by molar-refractivity contribution is 5.12. The van der Waals surface area contributed by atoms with Crippen molar-refractivity contribution in [2.45, 2.75) is 18.0 Å². The molecule has 0 aromatic carbocycles. The molecule has 0 aliphatic heterocycles. The third-order valence-electron chi connectivity index (χ3n) is 1.35. The Hall–Kier alpha value is -0.860. The van der Waals surface area contributed by atoms with Gasteiger partial charge in [0.05, 0.1) is 0 Å². The van der Waals surface area contributed by atoms with Crippen molar-refractivity contribution in [1.82, 2.24) is 0 Å². The van der Waals surface area contributed by atoms with Gasteiger partial charge in [-0.3, -0.25) is 0 Å². The maximum Gasteiger partial charge on any atom is 0.460 e. The molecule has 0 bridgehead atoms. The minimum atomic E-state index is -6.55. The van der Waals surface area contributed by atoms with Crippen LogP contribution in [0.1, 0.15) is 0 Å². The van der Waals surface area contributed by atoms with Gasteiger partial charge in [-0.15, -0.1) is 0 Å². The molecule has 90 valence electrons. The SMILES string of the molecule is NCC=C(F)C(F)(F)C(F)(F)C(F)(F)F. The Morgan fingerprint density at radius 1 is 1.00 bits per heavy atom. The molecule has 0 saturated carbocycles. The lowest BCUT2D eigenvalue weighted by Crippen LogP contribution is -2.52. The van der Waals surface area contributed by atoms with Gasteiger partial charge in [-0.05, 0) is 6.08 Å². The number of alkyl halides is 7. The largest absolute Gasteiger partial charge is 0.460 e. The molecule has 0 amide bonds. The molecular formula is C6H5F8N. The first-order valence-electron chi connectivity index (χ1n) is 3.37. The predicted octanol–water partition coefficient (Wildman–Crippen LogP) is 2.63. The average Bonchev–Trinajstić information content (AvgIpc) is 2.02. The molecule has 0 fully saturated rings. The van der Waals surface area contributed by atoms with Crippen LogP contribution in [0, 0.1) is 0 Å². The van der Waals surface area contributed by atoms with Crippen LogP contribution in [0.25, 0.3) is 0 Å². The Kier molecular flexibility index (Phi) is 3.72. The van der Waals surface area contributed by atoms with Gasteiger partial charge < -0.3 is 5.73 Å². The normalized spacial score (nSPS) is 15.7. The Morgan fingerprint density at radius 2 is 1.40 bits per heavy atom. The number of rotatable bonds is 3. The minimum absolute atomic E-state index is 0.250. The van der Waals surface area contributed by atoms with Gasteiger partial charge >= 0.3 is 18.0 Å². The zero-order valence-corrected chi connectivity index (χ0v) is 6.89. The van der Waals surface area contributed by atoms with E-state index in [0.717, 1.165) is 0 Å². The lowest BCUT2D eigenvalue weighted by molar-refractivity contribution is -0.347. The second-order valence-corrected chi connectivity index (χ2v) is 2.43. The van der Waals surface area contributed by atoms with Gasteiger partial charge in [0.25, 0.3) is 0 Å². The van der Waals surface area contributed by atoms with Gasteiger partial charge in [-0.1, -0.05) is 0 Å². The Bertz CT molecular complexity index is 252. The Balaban J connectivity index is 5.28. The van der Waals surface area contributed by atoms with Crippen LogP contribution in [0.2, 0.25) is 0 Å². The lowest BCUT2D eigenvalue weighted by atomic mass is 10.1. The first kappa shape index (κ1) is 14.1. The minimum Gasteiger partial charge on any atom is -0.327 e. The summed E-state index contributed by atoms with van der Waals surface area (Å²) in [5.74, 6) is -15.3. The number of halogens is 8. The molecule has 0 heterocycles. The first-order chi connectivity index (χ1) is 6.48. The fourth-order valence-electron chi connectivity index (χ4n) is 0.560. The molecule has 0 unspecified atom stereocenters. The molecule has 1 nitrogen and oxygen atoms in total. The fraction of sp³-hybridized carbons (Fsp3) is 0.667. The molecule has 0 aromatic rings. The fourth-order valence-corrected chi connectivity index (χ4v) is 0.560. The van der Waals surface area contributed by atoms with E-state index in [1.165, 1.54) is 0 Å². The molecule has 0 spiro atoms. The molecule has 2 N–H and O–H groups in total. The highest BCUT2D eigenvalue weighted by atomic mass is 19.4. The molecule has 0 aliphatic rings. The summed E-state index contributed by atoms with van der Waals surface area (Å²) >= 11 is 0. The molecule has 0 saturated heterocycles. The molecular weight excluding hydrogens is 238 g/mol. The summed E-state index contributed by atoms with van der Waals surface area (Å²) in [7, 11) is 0. The molecule has 0 radical (unpaired) electrons. The average molecular weight is 243 g/mol. The van der Waals surface area contributed by atoms with Crippen molar-refractivity contribution >= 4 is 0 Å². The van der Waals surface area contributed by atoms with Crippen LogP contribution < -0.4 is 5.73 Å². The smallest absolute Gasteiger partial charge is 0.327 e. The third kappa shape index (κ3) is 2.39. The van der Waals surface area contributed by atoms with E-state index < -0.39 is 30.4 Å². The maximum absolute atomic E-state index is 12.3. The van der Waals surface area contributed by atoms with Crippen LogP contribution in [-0.4, -0.2) is 24.6 Å². The summed E-state index contributed by atoms with van der Waals surface area (Å²) in [6, 6.07) is 0. The quantitative estimate of drug-likeness (QED) is 0.757. The van der Waals surface area contributed by atoms with Gasteiger partial charge in [0.2, 0.25) is 0 Å². The van der Waals surface area contributed by atoms with Gasteiger partial charge in [0.15, 0.2) is 5.83 Å². The standard InChI is InChI=1S/C6H5F8N/c7-3(1-2-15)4(8,9)5(10,11)6(12,13)14/h1H,2,15H2. The van der Waals surface area contributed by atoms with E-state index in [9.17, 15) is 35.1 Å². The second kappa shape index (κ2) is 3.95. The zero-order chi connectivity index (χ0) is 12.5. The summed E-state index contributed by atoms with van der Waals surface area (Å²) < 4.78 is 95.5. The van der Waals surface area contributed by atoms with Crippen molar-refractivity contribution in [3.63, 3.8) is 0 Å². The van der Waals surface area contributed by atoms with Crippen molar-refractivity contribution in [1.29, 1.82) is 0 Å².